The zero-order valence-electron chi connectivity index (χ0n) is 16.6. The highest BCUT2D eigenvalue weighted by atomic mass is 16.5. The van der Waals surface area contributed by atoms with E-state index in [0.717, 1.165) is 10.9 Å². The van der Waals surface area contributed by atoms with Gasteiger partial charge in [0, 0.05) is 62.9 Å². The van der Waals surface area contributed by atoms with Crippen molar-refractivity contribution in [2.45, 2.75) is 6.04 Å². The molecule has 1 aliphatic heterocycles. The molecule has 9 nitrogen and oxygen atoms in total. The summed E-state index contributed by atoms with van der Waals surface area (Å²) in [5.41, 5.74) is 1.47. The largest absolute Gasteiger partial charge is 0.480 e. The first-order valence-electron chi connectivity index (χ1n) is 9.41. The zero-order chi connectivity index (χ0) is 21.0. The first-order chi connectivity index (χ1) is 13.9. The second-order valence-electron chi connectivity index (χ2n) is 7.24. The molecule has 0 radical (unpaired) electrons. The quantitative estimate of drug-likeness (QED) is 0.711. The monoisotopic (exact) mass is 399 g/mol. The van der Waals surface area contributed by atoms with Gasteiger partial charge in [-0.3, -0.25) is 19.4 Å². The van der Waals surface area contributed by atoms with Crippen LogP contribution in [-0.2, 0) is 9.59 Å². The number of amides is 1. The van der Waals surface area contributed by atoms with Gasteiger partial charge in [-0.15, -0.1) is 0 Å². The number of aromatic nitrogens is 1. The number of nitrogens with one attached hydrogen (secondary N) is 1. The molecular weight excluding hydrogens is 374 g/mol. The zero-order valence-corrected chi connectivity index (χ0v) is 16.6. The van der Waals surface area contributed by atoms with Crippen LogP contribution in [0.4, 0.5) is 0 Å². The number of carboxylic acid groups (broad SMARTS) is 1. The second kappa shape index (κ2) is 8.94. The van der Waals surface area contributed by atoms with Gasteiger partial charge in [0.25, 0.3) is 0 Å². The molecule has 1 aromatic carbocycles. The molecule has 1 aromatic heterocycles. The second-order valence-corrected chi connectivity index (χ2v) is 7.24. The lowest BCUT2D eigenvalue weighted by Gasteiger charge is -2.37. The van der Waals surface area contributed by atoms with Crippen molar-refractivity contribution in [3.8, 4) is 11.8 Å². The minimum Gasteiger partial charge on any atom is -0.480 e. The third kappa shape index (κ3) is 4.67. The van der Waals surface area contributed by atoms with Crippen LogP contribution in [0.5, 0.6) is 5.75 Å². The Balaban J connectivity index is 1.78. The smallest absolute Gasteiger partial charge is 0.325 e. The number of hydrogen-bond acceptors (Lipinski definition) is 6. The van der Waals surface area contributed by atoms with Crippen molar-refractivity contribution >= 4 is 22.8 Å². The number of benzene rings is 1. The summed E-state index contributed by atoms with van der Waals surface area (Å²) in [7, 11) is 3.45. The number of nitrogens with zero attached hydrogens (tertiary/aromatic N) is 4. The van der Waals surface area contributed by atoms with Gasteiger partial charge >= 0.3 is 5.97 Å². The maximum Gasteiger partial charge on any atom is 0.325 e. The van der Waals surface area contributed by atoms with Crippen LogP contribution in [0.25, 0.3) is 10.9 Å². The number of ether oxygens (including phenoxy) is 1. The van der Waals surface area contributed by atoms with E-state index in [9.17, 15) is 14.7 Å². The van der Waals surface area contributed by atoms with Crippen molar-refractivity contribution in [2.24, 2.45) is 0 Å². The topological polar surface area (TPSA) is 113 Å². The molecule has 3 rings (SSSR count). The number of aromatic amines is 1. The Labute approximate surface area is 169 Å². The average molecular weight is 399 g/mol. The molecular formula is C20H25N5O4. The van der Waals surface area contributed by atoms with Crippen molar-refractivity contribution < 1.29 is 19.4 Å². The van der Waals surface area contributed by atoms with Gasteiger partial charge in [0.05, 0.1) is 6.54 Å². The Kier molecular flexibility index (Phi) is 6.36. The molecule has 2 N–H and O–H groups in total. The van der Waals surface area contributed by atoms with Crippen molar-refractivity contribution in [2.75, 3.05) is 53.4 Å². The highest BCUT2D eigenvalue weighted by Gasteiger charge is 2.32. The summed E-state index contributed by atoms with van der Waals surface area (Å²) in [6, 6.07) is 6.45. The summed E-state index contributed by atoms with van der Waals surface area (Å²) in [5.74, 6) is -0.363. The van der Waals surface area contributed by atoms with E-state index in [-0.39, 0.29) is 12.5 Å². The summed E-state index contributed by atoms with van der Waals surface area (Å²) < 4.78 is 5.37. The van der Waals surface area contributed by atoms with Crippen molar-refractivity contribution in [3.63, 3.8) is 0 Å². The number of piperazine rings is 1. The fourth-order valence-corrected chi connectivity index (χ4v) is 3.55. The highest BCUT2D eigenvalue weighted by molar-refractivity contribution is 5.90. The summed E-state index contributed by atoms with van der Waals surface area (Å²) >= 11 is 0. The molecule has 2 aromatic rings. The van der Waals surface area contributed by atoms with Gasteiger partial charge in [0.2, 0.25) is 5.91 Å². The highest BCUT2D eigenvalue weighted by Crippen LogP contribution is 2.31. The normalized spacial score (nSPS) is 16.3. The number of carbonyl (C=O) groups is 2. The van der Waals surface area contributed by atoms with Crippen LogP contribution >= 0.6 is 0 Å². The molecule has 0 saturated carbocycles. The van der Waals surface area contributed by atoms with E-state index in [0.29, 0.717) is 44.0 Å². The molecule has 1 amide bonds. The Morgan fingerprint density at radius 2 is 2.03 bits per heavy atom. The van der Waals surface area contributed by atoms with Crippen LogP contribution < -0.4 is 4.74 Å². The summed E-state index contributed by atoms with van der Waals surface area (Å²) in [6.45, 7) is 2.63. The predicted octanol–water partition coefficient (Wildman–Crippen LogP) is 0.902. The number of hydrogen-bond donors (Lipinski definition) is 2. The van der Waals surface area contributed by atoms with E-state index in [2.05, 4.69) is 4.98 Å². The molecule has 0 unspecified atom stereocenters. The summed E-state index contributed by atoms with van der Waals surface area (Å²) in [5, 5.41) is 19.4. The predicted molar refractivity (Wildman–Crippen MR) is 106 cm³/mol. The molecule has 29 heavy (non-hydrogen) atoms. The van der Waals surface area contributed by atoms with Gasteiger partial charge in [-0.05, 0) is 18.2 Å². The molecule has 1 saturated heterocycles. The minimum absolute atomic E-state index is 0.0368. The number of aliphatic carboxylic acids is 1. The van der Waals surface area contributed by atoms with E-state index in [4.69, 9.17) is 10.00 Å². The van der Waals surface area contributed by atoms with Crippen molar-refractivity contribution in [1.29, 1.82) is 5.26 Å². The van der Waals surface area contributed by atoms with E-state index >= 15 is 0 Å². The maximum absolute atomic E-state index is 12.1. The molecule has 0 spiro atoms. The average Bonchev–Trinajstić information content (AvgIpc) is 3.10. The molecule has 1 fully saturated rings. The van der Waals surface area contributed by atoms with Crippen LogP contribution in [0.1, 0.15) is 11.6 Å². The number of carbonyl (C=O) groups excluding carboxylic acids is 1. The summed E-state index contributed by atoms with van der Waals surface area (Å²) in [6.07, 6.45) is 1.72. The van der Waals surface area contributed by atoms with Gasteiger partial charge in [-0.25, -0.2) is 0 Å². The van der Waals surface area contributed by atoms with Crippen LogP contribution in [0.3, 0.4) is 0 Å². The first-order valence-corrected chi connectivity index (χ1v) is 9.41. The van der Waals surface area contributed by atoms with Crippen LogP contribution in [0, 0.1) is 11.3 Å². The van der Waals surface area contributed by atoms with Gasteiger partial charge < -0.3 is 19.7 Å². The molecule has 9 heteroatoms. The van der Waals surface area contributed by atoms with Crippen molar-refractivity contribution in [3.05, 3.63) is 30.0 Å². The van der Waals surface area contributed by atoms with Crippen molar-refractivity contribution in [1.82, 2.24) is 19.7 Å². The third-order valence-electron chi connectivity index (χ3n) is 5.15. The number of likely N-dealkylation sites (N-methyl/N-ethyl adjacent to an activating group) is 1. The van der Waals surface area contributed by atoms with Gasteiger partial charge in [-0.2, -0.15) is 5.26 Å². The fraction of sp³-hybridized carbons (Fsp3) is 0.450. The van der Waals surface area contributed by atoms with E-state index < -0.39 is 12.0 Å². The lowest BCUT2D eigenvalue weighted by atomic mass is 10.0. The number of nitriles is 1. The Morgan fingerprint density at radius 3 is 2.66 bits per heavy atom. The molecule has 0 aliphatic carbocycles. The lowest BCUT2D eigenvalue weighted by molar-refractivity contribution is -0.145. The third-order valence-corrected chi connectivity index (χ3v) is 5.15. The number of H-pyrrole nitrogens is 1. The summed E-state index contributed by atoms with van der Waals surface area (Å²) in [4.78, 5) is 32.7. The Morgan fingerprint density at radius 1 is 1.31 bits per heavy atom. The van der Waals surface area contributed by atoms with Gasteiger partial charge in [0.1, 0.15) is 17.9 Å². The standard InChI is InChI=1S/C20H25N5O4/c1-23(2)18(26)13-24-6-8-25(9-7-24)19(20(27)28)16-12-22-17-4-3-14(11-15(16)17)29-10-5-21/h3-4,11-12,19,22H,6-10,13H2,1-2H3,(H,27,28)/t19-/m0/s1. The number of carboxylic acids is 1. The Bertz CT molecular complexity index is 925. The van der Waals surface area contributed by atoms with Crippen LogP contribution in [0.2, 0.25) is 0 Å². The van der Waals surface area contributed by atoms with E-state index in [1.165, 1.54) is 0 Å². The minimum atomic E-state index is -0.924. The maximum atomic E-state index is 12.1. The Hall–Kier alpha value is -3.09. The number of fused-ring (bicyclic) bond motifs is 1. The van der Waals surface area contributed by atoms with E-state index in [1.54, 1.807) is 37.3 Å². The molecule has 154 valence electrons. The molecule has 2 heterocycles. The van der Waals surface area contributed by atoms with Crippen LogP contribution in [0.15, 0.2) is 24.4 Å². The number of rotatable bonds is 7. The SMILES string of the molecule is CN(C)C(=O)CN1CCN([C@H](C(=O)O)c2c[nH]c3ccc(OCC#N)cc23)CC1. The van der Waals surface area contributed by atoms with Gasteiger partial charge in [0.15, 0.2) is 6.61 Å². The molecule has 1 atom stereocenters. The fourth-order valence-electron chi connectivity index (χ4n) is 3.55. The molecule has 0 bridgehead atoms. The molecule has 1 aliphatic rings. The lowest BCUT2D eigenvalue weighted by Crippen LogP contribution is -2.51. The van der Waals surface area contributed by atoms with Gasteiger partial charge in [-0.1, -0.05) is 0 Å². The first kappa shape index (κ1) is 20.6. The van der Waals surface area contributed by atoms with E-state index in [1.807, 2.05) is 21.9 Å². The van der Waals surface area contributed by atoms with Crippen LogP contribution in [-0.4, -0.2) is 90.1 Å².